The zero-order valence-corrected chi connectivity index (χ0v) is 18.6. The smallest absolute Gasteiger partial charge is 0.277 e. The number of carbonyl (C=O) groups excluding carboxylic acids is 1. The topological polar surface area (TPSA) is 91.8 Å². The Bertz CT molecular complexity index is 1260. The summed E-state index contributed by atoms with van der Waals surface area (Å²) in [6.45, 7) is 1.94. The third-order valence-corrected chi connectivity index (χ3v) is 6.43. The van der Waals surface area contributed by atoms with Gasteiger partial charge in [0.05, 0.1) is 11.3 Å². The first-order valence-corrected chi connectivity index (χ1v) is 11.3. The molecule has 4 rings (SSSR count). The maximum Gasteiger partial charge on any atom is 0.277 e. The molecule has 0 aliphatic rings. The number of hydrogen-bond acceptors (Lipinski definition) is 7. The molecule has 6 nitrogen and oxygen atoms in total. The predicted molar refractivity (Wildman–Crippen MR) is 123 cm³/mol. The number of nitriles is 1. The van der Waals surface area contributed by atoms with Crippen molar-refractivity contribution < 1.29 is 9.21 Å². The van der Waals surface area contributed by atoms with Gasteiger partial charge in [-0.25, -0.2) is 0 Å². The summed E-state index contributed by atoms with van der Waals surface area (Å²) in [6.07, 6.45) is 0. The van der Waals surface area contributed by atoms with E-state index in [-0.39, 0.29) is 16.9 Å². The maximum absolute atomic E-state index is 12.5. The van der Waals surface area contributed by atoms with Gasteiger partial charge in [-0.1, -0.05) is 53.7 Å². The van der Waals surface area contributed by atoms with Crippen molar-refractivity contribution in [3.05, 3.63) is 70.1 Å². The van der Waals surface area contributed by atoms with Crippen molar-refractivity contribution in [1.29, 1.82) is 5.26 Å². The van der Waals surface area contributed by atoms with E-state index in [0.29, 0.717) is 21.5 Å². The number of thioether (sulfide) groups is 1. The third kappa shape index (κ3) is 4.80. The molecule has 4 aromatic rings. The first kappa shape index (κ1) is 21.1. The second-order valence-electron chi connectivity index (χ2n) is 6.43. The molecule has 0 spiro atoms. The van der Waals surface area contributed by atoms with Gasteiger partial charge in [0.15, 0.2) is 0 Å². The largest absolute Gasteiger partial charge is 0.411 e. The molecule has 1 N–H and O–H groups in total. The van der Waals surface area contributed by atoms with Gasteiger partial charge >= 0.3 is 0 Å². The highest BCUT2D eigenvalue weighted by molar-refractivity contribution is 7.99. The molecule has 2 heterocycles. The fourth-order valence-electron chi connectivity index (χ4n) is 2.96. The summed E-state index contributed by atoms with van der Waals surface area (Å²) < 4.78 is 5.60. The van der Waals surface area contributed by atoms with Gasteiger partial charge in [0.1, 0.15) is 11.1 Å². The molecule has 2 aromatic carbocycles. The molecule has 0 aliphatic carbocycles. The van der Waals surface area contributed by atoms with E-state index in [1.54, 1.807) is 24.3 Å². The van der Waals surface area contributed by atoms with Crippen LogP contribution in [-0.2, 0) is 4.79 Å². The van der Waals surface area contributed by atoms with E-state index >= 15 is 0 Å². The van der Waals surface area contributed by atoms with Crippen LogP contribution in [0.15, 0.2) is 64.2 Å². The van der Waals surface area contributed by atoms with Gasteiger partial charge in [-0.05, 0) is 36.8 Å². The number of aromatic nitrogens is 2. The molecule has 0 saturated carbocycles. The molecule has 0 atom stereocenters. The molecule has 0 radical (unpaired) electrons. The van der Waals surface area contributed by atoms with Crippen molar-refractivity contribution in [2.75, 3.05) is 11.1 Å². The molecule has 31 heavy (non-hydrogen) atoms. The Morgan fingerprint density at radius 2 is 1.90 bits per heavy atom. The van der Waals surface area contributed by atoms with E-state index < -0.39 is 0 Å². The van der Waals surface area contributed by atoms with Gasteiger partial charge in [-0.15, -0.1) is 21.5 Å². The Balaban J connectivity index is 1.43. The standard InChI is InChI=1S/C22H15ClN4O2S2/c1-13-19(14-5-3-2-4-6-14)17(11-24)21(31-13)25-18(28)12-30-22-27-26-20(29-22)15-7-9-16(23)10-8-15/h2-10H,12H2,1H3,(H,25,28). The number of nitrogens with one attached hydrogen (secondary N) is 1. The van der Waals surface area contributed by atoms with Crippen LogP contribution in [0.3, 0.4) is 0 Å². The van der Waals surface area contributed by atoms with Gasteiger partial charge in [-0.3, -0.25) is 4.79 Å². The first-order valence-electron chi connectivity index (χ1n) is 9.16. The molecule has 0 aliphatic heterocycles. The average Bonchev–Trinajstić information content (AvgIpc) is 3.37. The van der Waals surface area contributed by atoms with Gasteiger partial charge in [0, 0.05) is 21.0 Å². The van der Waals surface area contributed by atoms with Crippen LogP contribution < -0.4 is 5.32 Å². The Labute approximate surface area is 191 Å². The fraction of sp³-hybridized carbons (Fsp3) is 0.0909. The maximum atomic E-state index is 12.5. The van der Waals surface area contributed by atoms with Crippen molar-refractivity contribution >= 4 is 45.6 Å². The lowest BCUT2D eigenvalue weighted by Crippen LogP contribution is -2.13. The minimum atomic E-state index is -0.256. The number of aryl methyl sites for hydroxylation is 1. The molecule has 0 fully saturated rings. The highest BCUT2D eigenvalue weighted by Crippen LogP contribution is 2.39. The zero-order chi connectivity index (χ0) is 21.8. The molecular formula is C22H15ClN4O2S2. The van der Waals surface area contributed by atoms with Crippen molar-refractivity contribution in [2.45, 2.75) is 12.1 Å². The van der Waals surface area contributed by atoms with Crippen molar-refractivity contribution in [2.24, 2.45) is 0 Å². The van der Waals surface area contributed by atoms with Crippen LogP contribution in [0.2, 0.25) is 5.02 Å². The van der Waals surface area contributed by atoms with Gasteiger partial charge in [-0.2, -0.15) is 5.26 Å². The molecule has 0 saturated heterocycles. The van der Waals surface area contributed by atoms with E-state index in [9.17, 15) is 10.1 Å². The minimum absolute atomic E-state index is 0.0741. The number of rotatable bonds is 6. The number of carbonyl (C=O) groups is 1. The summed E-state index contributed by atoms with van der Waals surface area (Å²) in [5.41, 5.74) is 3.01. The van der Waals surface area contributed by atoms with Crippen LogP contribution in [0.5, 0.6) is 0 Å². The van der Waals surface area contributed by atoms with Crippen molar-refractivity contribution in [3.63, 3.8) is 0 Å². The summed E-state index contributed by atoms with van der Waals surface area (Å²) in [6, 6.07) is 18.9. The molecule has 9 heteroatoms. The highest BCUT2D eigenvalue weighted by atomic mass is 35.5. The Morgan fingerprint density at radius 3 is 2.61 bits per heavy atom. The second kappa shape index (κ2) is 9.35. The van der Waals surface area contributed by atoms with E-state index in [0.717, 1.165) is 33.3 Å². The van der Waals surface area contributed by atoms with E-state index in [4.69, 9.17) is 16.0 Å². The Morgan fingerprint density at radius 1 is 1.16 bits per heavy atom. The van der Waals surface area contributed by atoms with Crippen LogP contribution in [0.4, 0.5) is 5.00 Å². The zero-order valence-electron chi connectivity index (χ0n) is 16.3. The van der Waals surface area contributed by atoms with Gasteiger partial charge in [0.2, 0.25) is 11.8 Å². The molecule has 0 unspecified atom stereocenters. The Kier molecular flexibility index (Phi) is 6.37. The quantitative estimate of drug-likeness (QED) is 0.349. The third-order valence-electron chi connectivity index (χ3n) is 4.34. The van der Waals surface area contributed by atoms with Crippen LogP contribution in [-0.4, -0.2) is 21.9 Å². The van der Waals surface area contributed by atoms with Crippen LogP contribution in [0.1, 0.15) is 10.4 Å². The molecule has 1 amide bonds. The number of thiophene rings is 1. The summed E-state index contributed by atoms with van der Waals surface area (Å²) in [7, 11) is 0. The van der Waals surface area contributed by atoms with E-state index in [1.807, 2.05) is 37.3 Å². The number of benzene rings is 2. The SMILES string of the molecule is Cc1sc(NC(=O)CSc2nnc(-c3ccc(Cl)cc3)o2)c(C#N)c1-c1ccccc1. The van der Waals surface area contributed by atoms with Crippen LogP contribution >= 0.6 is 34.7 Å². The number of nitrogens with zero attached hydrogens (tertiary/aromatic N) is 3. The molecule has 0 bridgehead atoms. The second-order valence-corrected chi connectivity index (χ2v) is 9.02. The first-order chi connectivity index (χ1) is 15.0. The summed E-state index contributed by atoms with van der Waals surface area (Å²) in [5.74, 6) is 0.173. The normalized spacial score (nSPS) is 10.6. The van der Waals surface area contributed by atoms with Gasteiger partial charge in [0.25, 0.3) is 5.22 Å². The molecular weight excluding hydrogens is 452 g/mol. The van der Waals surface area contributed by atoms with E-state index in [2.05, 4.69) is 21.6 Å². The lowest BCUT2D eigenvalue weighted by molar-refractivity contribution is -0.113. The summed E-state index contributed by atoms with van der Waals surface area (Å²) >= 11 is 8.41. The number of hydrogen-bond donors (Lipinski definition) is 1. The highest BCUT2D eigenvalue weighted by Gasteiger charge is 2.19. The monoisotopic (exact) mass is 466 g/mol. The van der Waals surface area contributed by atoms with Gasteiger partial charge < -0.3 is 9.73 Å². The van der Waals surface area contributed by atoms with Crippen LogP contribution in [0.25, 0.3) is 22.6 Å². The van der Waals surface area contributed by atoms with Crippen molar-refractivity contribution in [3.8, 4) is 28.7 Å². The van der Waals surface area contributed by atoms with Crippen LogP contribution in [0, 0.1) is 18.3 Å². The lowest BCUT2D eigenvalue weighted by Gasteiger charge is -2.03. The predicted octanol–water partition coefficient (Wildman–Crippen LogP) is 6.03. The molecule has 154 valence electrons. The number of amides is 1. The lowest BCUT2D eigenvalue weighted by atomic mass is 10.0. The Hall–Kier alpha value is -3.12. The minimum Gasteiger partial charge on any atom is -0.411 e. The van der Waals surface area contributed by atoms with E-state index in [1.165, 1.54) is 11.3 Å². The summed E-state index contributed by atoms with van der Waals surface area (Å²) in [4.78, 5) is 13.5. The average molecular weight is 467 g/mol. The number of anilines is 1. The molecule has 2 aromatic heterocycles. The summed E-state index contributed by atoms with van der Waals surface area (Å²) in [5, 5.41) is 21.9. The number of halogens is 1. The fourth-order valence-corrected chi connectivity index (χ4v) is 4.69. The van der Waals surface area contributed by atoms with Crippen molar-refractivity contribution in [1.82, 2.24) is 10.2 Å².